The molecule has 3 atom stereocenters. The fourth-order valence-electron chi connectivity index (χ4n) is 4.83. The molecule has 8 heteroatoms. The number of alkyl halides is 2. The predicted octanol–water partition coefficient (Wildman–Crippen LogP) is -0.192. The number of hydrogen-bond donors (Lipinski definition) is 0. The third-order valence-electron chi connectivity index (χ3n) is 6.33. The summed E-state index contributed by atoms with van der Waals surface area (Å²) in [7, 11) is 0. The average molecular weight is 535 g/mol. The minimum atomic E-state index is -0.414. The Morgan fingerprint density at radius 2 is 1.97 bits per heavy atom. The van der Waals surface area contributed by atoms with Crippen molar-refractivity contribution >= 4 is 11.4 Å². The third-order valence-corrected chi connectivity index (χ3v) is 10.1. The molecule has 31 heavy (non-hydrogen) atoms. The van der Waals surface area contributed by atoms with E-state index in [1.54, 1.807) is 33.5 Å². The standard InChI is InChI=1S/C23H25FIN4O2/c24-19-7-2-1-6-18(19)20(30)13-16-12-17-15-25-21(14-16)27(17)10-5-11-29-23(31)28-9-4-3-8-22(28)26-29/h1-4,6-9,16-17,21H,5,10-15H2/q-1. The summed E-state index contributed by atoms with van der Waals surface area (Å²) in [6.45, 7) is 1.58. The van der Waals surface area contributed by atoms with Crippen molar-refractivity contribution in [3.63, 3.8) is 0 Å². The molecule has 0 radical (unpaired) electrons. The Morgan fingerprint density at radius 1 is 1.13 bits per heavy atom. The average Bonchev–Trinajstić information content (AvgIpc) is 3.21. The summed E-state index contributed by atoms with van der Waals surface area (Å²) in [6, 6.07) is 12.4. The van der Waals surface area contributed by atoms with E-state index in [0.29, 0.717) is 34.6 Å². The maximum atomic E-state index is 13.9. The Kier molecular flexibility index (Phi) is 5.92. The molecule has 2 bridgehead atoms. The van der Waals surface area contributed by atoms with Crippen LogP contribution in [0.1, 0.15) is 36.0 Å². The fourth-order valence-corrected chi connectivity index (χ4v) is 9.19. The number of aryl methyl sites for hydroxylation is 1. The van der Waals surface area contributed by atoms with Gasteiger partial charge in [0, 0.05) is 0 Å². The van der Waals surface area contributed by atoms with E-state index in [0.717, 1.165) is 25.8 Å². The number of halogens is 2. The van der Waals surface area contributed by atoms with Gasteiger partial charge in [-0.3, -0.25) is 0 Å². The summed E-state index contributed by atoms with van der Waals surface area (Å²) >= 11 is 0.0998. The van der Waals surface area contributed by atoms with E-state index in [1.807, 2.05) is 18.2 Å². The van der Waals surface area contributed by atoms with Crippen molar-refractivity contribution in [3.8, 4) is 0 Å². The molecule has 2 aliphatic rings. The number of rotatable bonds is 7. The van der Waals surface area contributed by atoms with E-state index in [1.165, 1.54) is 10.5 Å². The van der Waals surface area contributed by atoms with Gasteiger partial charge in [-0.15, -0.1) is 0 Å². The Labute approximate surface area is 190 Å². The molecule has 0 amide bonds. The molecule has 2 aliphatic heterocycles. The zero-order chi connectivity index (χ0) is 21.4. The van der Waals surface area contributed by atoms with E-state index in [4.69, 9.17) is 0 Å². The maximum absolute atomic E-state index is 13.9. The molecule has 0 spiro atoms. The second kappa shape index (κ2) is 8.82. The predicted molar refractivity (Wildman–Crippen MR) is 111 cm³/mol. The van der Waals surface area contributed by atoms with Crippen molar-refractivity contribution in [3.05, 3.63) is 70.5 Å². The molecule has 0 aliphatic carbocycles. The molecule has 2 aromatic heterocycles. The van der Waals surface area contributed by atoms with E-state index >= 15 is 0 Å². The number of nitrogens with zero attached hydrogens (tertiary/aromatic N) is 4. The van der Waals surface area contributed by atoms with Gasteiger partial charge >= 0.3 is 191 Å². The summed E-state index contributed by atoms with van der Waals surface area (Å²) in [5, 5.41) is 4.42. The van der Waals surface area contributed by atoms with Crippen LogP contribution in [0, 0.1) is 11.7 Å². The van der Waals surface area contributed by atoms with Crippen LogP contribution in [0.3, 0.4) is 0 Å². The molecule has 164 valence electrons. The van der Waals surface area contributed by atoms with Crippen molar-refractivity contribution in [2.45, 2.75) is 42.3 Å². The van der Waals surface area contributed by atoms with Gasteiger partial charge < -0.3 is 0 Å². The number of carbonyl (C=O) groups excluding carboxylic acids is 1. The van der Waals surface area contributed by atoms with Crippen molar-refractivity contribution in [2.75, 3.05) is 11.0 Å². The van der Waals surface area contributed by atoms with Gasteiger partial charge in [0.1, 0.15) is 0 Å². The first-order valence-electron chi connectivity index (χ1n) is 10.8. The second-order valence-electron chi connectivity index (χ2n) is 8.37. The summed E-state index contributed by atoms with van der Waals surface area (Å²) in [6.07, 6.45) is 5.14. The quantitative estimate of drug-likeness (QED) is 0.182. The van der Waals surface area contributed by atoms with Gasteiger partial charge in [-0.1, -0.05) is 0 Å². The molecule has 4 heterocycles. The molecule has 3 aromatic rings. The molecular formula is C23H25FIN4O2-. The van der Waals surface area contributed by atoms with Crippen LogP contribution < -0.4 is 26.9 Å². The van der Waals surface area contributed by atoms with Crippen LogP contribution in [-0.4, -0.2) is 45.9 Å². The van der Waals surface area contributed by atoms with Crippen LogP contribution in [0.2, 0.25) is 0 Å². The molecule has 0 saturated carbocycles. The van der Waals surface area contributed by atoms with Gasteiger partial charge in [-0.25, -0.2) is 0 Å². The number of aromatic nitrogens is 3. The number of pyridine rings is 1. The Bertz CT molecular complexity index is 1150. The summed E-state index contributed by atoms with van der Waals surface area (Å²) in [4.78, 5) is 27.6. The minimum absolute atomic E-state index is 0.0691. The van der Waals surface area contributed by atoms with Crippen LogP contribution >= 0.6 is 0 Å². The number of hydrogen-bond acceptors (Lipinski definition) is 4. The monoisotopic (exact) mass is 535 g/mol. The Morgan fingerprint density at radius 3 is 2.77 bits per heavy atom. The molecule has 6 nitrogen and oxygen atoms in total. The Balaban J connectivity index is 1.17. The van der Waals surface area contributed by atoms with Crippen LogP contribution in [0.4, 0.5) is 4.39 Å². The van der Waals surface area contributed by atoms with Gasteiger partial charge in [0.05, 0.1) is 0 Å². The Hall–Kier alpha value is -2.07. The number of piperidine rings is 1. The molecule has 2 fully saturated rings. The number of Topliss-reactive ketones (excluding diaryl/α,β-unsaturated/α-hetero) is 1. The molecule has 2 saturated heterocycles. The number of carbonyl (C=O) groups is 1. The van der Waals surface area contributed by atoms with Gasteiger partial charge in [0.25, 0.3) is 0 Å². The van der Waals surface area contributed by atoms with Crippen LogP contribution in [-0.2, 0) is 6.54 Å². The molecule has 5 rings (SSSR count). The van der Waals surface area contributed by atoms with Crippen LogP contribution in [0.25, 0.3) is 5.65 Å². The van der Waals surface area contributed by atoms with E-state index in [-0.39, 0.29) is 38.2 Å². The van der Waals surface area contributed by atoms with Crippen molar-refractivity contribution < 1.29 is 30.4 Å². The van der Waals surface area contributed by atoms with Gasteiger partial charge in [-0.05, 0) is 0 Å². The second-order valence-corrected chi connectivity index (χ2v) is 11.6. The number of ketones is 1. The molecule has 3 unspecified atom stereocenters. The van der Waals surface area contributed by atoms with Crippen LogP contribution in [0.15, 0.2) is 53.5 Å². The van der Waals surface area contributed by atoms with Crippen molar-refractivity contribution in [1.82, 2.24) is 19.1 Å². The molecule has 1 aromatic carbocycles. The van der Waals surface area contributed by atoms with Gasteiger partial charge in [0.2, 0.25) is 0 Å². The van der Waals surface area contributed by atoms with E-state index in [2.05, 4.69) is 10.00 Å². The van der Waals surface area contributed by atoms with E-state index in [9.17, 15) is 14.0 Å². The molecule has 0 N–H and O–H groups in total. The summed E-state index contributed by atoms with van der Waals surface area (Å²) < 4.78 is 18.9. The number of fused-ring (bicyclic) bond motifs is 3. The van der Waals surface area contributed by atoms with Crippen molar-refractivity contribution in [1.29, 1.82) is 0 Å². The summed E-state index contributed by atoms with van der Waals surface area (Å²) in [5.41, 5.74) is 0.819. The number of benzene rings is 1. The molecular weight excluding hydrogens is 510 g/mol. The van der Waals surface area contributed by atoms with Gasteiger partial charge in [0.15, 0.2) is 0 Å². The van der Waals surface area contributed by atoms with Gasteiger partial charge in [-0.2, -0.15) is 0 Å². The third kappa shape index (κ3) is 4.19. The first kappa shape index (κ1) is 20.8. The fraction of sp³-hybridized carbons (Fsp3) is 0.435. The SMILES string of the molecule is O=C(CC1CC2C[I-]C(C1)N2CCCn1nc2ccccn2c1=O)c1ccccc1F. The topological polar surface area (TPSA) is 59.6 Å². The zero-order valence-corrected chi connectivity index (χ0v) is 19.3. The first-order chi connectivity index (χ1) is 15.1. The van der Waals surface area contributed by atoms with Crippen LogP contribution in [0.5, 0.6) is 0 Å². The normalized spacial score (nSPS) is 23.7. The first-order valence-corrected chi connectivity index (χ1v) is 13.5. The summed E-state index contributed by atoms with van der Waals surface area (Å²) in [5.74, 6) is -0.135. The van der Waals surface area contributed by atoms with Crippen molar-refractivity contribution in [2.24, 2.45) is 5.92 Å². The van der Waals surface area contributed by atoms with E-state index < -0.39 is 5.82 Å². The zero-order valence-electron chi connectivity index (χ0n) is 17.2.